The van der Waals surface area contributed by atoms with E-state index in [1.165, 1.54) is 6.07 Å². The monoisotopic (exact) mass is 366 g/mol. The Kier molecular flexibility index (Phi) is 4.94. The number of aromatic nitrogens is 1. The van der Waals surface area contributed by atoms with Crippen molar-refractivity contribution in [3.63, 3.8) is 0 Å². The van der Waals surface area contributed by atoms with Crippen LogP contribution in [-0.2, 0) is 16.6 Å². The van der Waals surface area contributed by atoms with Crippen LogP contribution in [0.5, 0.6) is 0 Å². The molecule has 4 rings (SSSR count). The maximum absolute atomic E-state index is 13.9. The summed E-state index contributed by atoms with van der Waals surface area (Å²) in [5.41, 5.74) is 2.99. The zero-order valence-corrected chi connectivity index (χ0v) is 15.4. The average Bonchev–Trinajstić information content (AvgIpc) is 3.03. The molecule has 2 heterocycles. The first-order valence-corrected chi connectivity index (χ1v) is 9.28. The SMILES string of the molecule is Cn1cc([C@H](CC(=O)N2CCOCC2)c2cccc(F)c2)c2ccccc21. The molecular weight excluding hydrogens is 343 g/mol. The maximum atomic E-state index is 13.9. The van der Waals surface area contributed by atoms with E-state index in [9.17, 15) is 9.18 Å². The minimum Gasteiger partial charge on any atom is -0.378 e. The highest BCUT2D eigenvalue weighted by atomic mass is 19.1. The van der Waals surface area contributed by atoms with Crippen molar-refractivity contribution in [2.24, 2.45) is 7.05 Å². The van der Waals surface area contributed by atoms with E-state index < -0.39 is 0 Å². The summed E-state index contributed by atoms with van der Waals surface area (Å²) in [6.45, 7) is 2.38. The van der Waals surface area contributed by atoms with Gasteiger partial charge in [0.15, 0.2) is 0 Å². The molecule has 0 aliphatic carbocycles. The van der Waals surface area contributed by atoms with E-state index in [0.717, 1.165) is 22.0 Å². The number of halogens is 1. The number of para-hydroxylation sites is 1. The Morgan fingerprint density at radius 3 is 2.70 bits per heavy atom. The van der Waals surface area contributed by atoms with Crippen LogP contribution in [0.4, 0.5) is 4.39 Å². The van der Waals surface area contributed by atoms with Gasteiger partial charge in [-0.3, -0.25) is 4.79 Å². The third-order valence-electron chi connectivity index (χ3n) is 5.30. The summed E-state index contributed by atoms with van der Waals surface area (Å²) < 4.78 is 21.4. The topological polar surface area (TPSA) is 34.5 Å². The number of hydrogen-bond acceptors (Lipinski definition) is 2. The molecular formula is C22H23FN2O2. The molecule has 0 radical (unpaired) electrons. The van der Waals surface area contributed by atoms with Crippen molar-refractivity contribution in [3.8, 4) is 0 Å². The van der Waals surface area contributed by atoms with E-state index in [4.69, 9.17) is 4.74 Å². The second-order valence-electron chi connectivity index (χ2n) is 7.02. The van der Waals surface area contributed by atoms with Crippen molar-refractivity contribution in [3.05, 3.63) is 71.7 Å². The van der Waals surface area contributed by atoms with E-state index >= 15 is 0 Å². The normalized spacial score (nSPS) is 15.9. The number of nitrogens with zero attached hydrogens (tertiary/aromatic N) is 2. The van der Waals surface area contributed by atoms with Crippen LogP contribution in [0.25, 0.3) is 10.9 Å². The van der Waals surface area contributed by atoms with Gasteiger partial charge in [0.25, 0.3) is 0 Å². The fraction of sp³-hybridized carbons (Fsp3) is 0.318. The number of ether oxygens (including phenoxy) is 1. The molecule has 1 aliphatic rings. The minimum atomic E-state index is -0.281. The number of rotatable bonds is 4. The number of carbonyl (C=O) groups excluding carboxylic acids is 1. The molecule has 4 nitrogen and oxygen atoms in total. The summed E-state index contributed by atoms with van der Waals surface area (Å²) in [5, 5.41) is 1.10. The molecule has 1 amide bonds. The van der Waals surface area contributed by atoms with Crippen LogP contribution in [0.15, 0.2) is 54.7 Å². The highest BCUT2D eigenvalue weighted by molar-refractivity contribution is 5.86. The van der Waals surface area contributed by atoms with Gasteiger partial charge >= 0.3 is 0 Å². The average molecular weight is 366 g/mol. The minimum absolute atomic E-state index is 0.0838. The molecule has 27 heavy (non-hydrogen) atoms. The Balaban J connectivity index is 1.75. The molecule has 1 saturated heterocycles. The number of morpholine rings is 1. The Labute approximate surface area is 158 Å². The smallest absolute Gasteiger partial charge is 0.223 e. The van der Waals surface area contributed by atoms with Crippen LogP contribution < -0.4 is 0 Å². The molecule has 0 bridgehead atoms. The van der Waals surface area contributed by atoms with Crippen molar-refractivity contribution in [1.82, 2.24) is 9.47 Å². The van der Waals surface area contributed by atoms with Crippen LogP contribution >= 0.6 is 0 Å². The van der Waals surface area contributed by atoms with Gasteiger partial charge < -0.3 is 14.2 Å². The lowest BCUT2D eigenvalue weighted by atomic mass is 9.87. The quantitative estimate of drug-likeness (QED) is 0.706. The predicted molar refractivity (Wildman–Crippen MR) is 103 cm³/mol. The highest BCUT2D eigenvalue weighted by Crippen LogP contribution is 2.35. The molecule has 3 aromatic rings. The Bertz CT molecular complexity index is 960. The first-order chi connectivity index (χ1) is 13.1. The van der Waals surface area contributed by atoms with Crippen molar-refractivity contribution < 1.29 is 13.9 Å². The van der Waals surface area contributed by atoms with Crippen LogP contribution in [0, 0.1) is 5.82 Å². The fourth-order valence-electron chi connectivity index (χ4n) is 3.90. The second-order valence-corrected chi connectivity index (χ2v) is 7.02. The number of aryl methyl sites for hydroxylation is 1. The summed E-state index contributed by atoms with van der Waals surface area (Å²) in [6, 6.07) is 14.7. The largest absolute Gasteiger partial charge is 0.378 e. The zero-order chi connectivity index (χ0) is 18.8. The van der Waals surface area contributed by atoms with E-state index in [2.05, 4.69) is 22.9 Å². The first kappa shape index (κ1) is 17.7. The molecule has 2 aromatic carbocycles. The lowest BCUT2D eigenvalue weighted by Gasteiger charge is -2.28. The number of amides is 1. The van der Waals surface area contributed by atoms with Crippen molar-refractivity contribution >= 4 is 16.8 Å². The van der Waals surface area contributed by atoms with E-state index in [-0.39, 0.29) is 17.6 Å². The van der Waals surface area contributed by atoms with E-state index in [1.54, 1.807) is 12.1 Å². The van der Waals surface area contributed by atoms with Gasteiger partial charge in [-0.1, -0.05) is 30.3 Å². The first-order valence-electron chi connectivity index (χ1n) is 9.28. The molecule has 1 fully saturated rings. The van der Waals surface area contributed by atoms with Crippen molar-refractivity contribution in [2.45, 2.75) is 12.3 Å². The standard InChI is InChI=1S/C22H23FN2O2/c1-24-15-20(18-7-2-3-8-21(18)24)19(16-5-4-6-17(23)13-16)14-22(26)25-9-11-27-12-10-25/h2-8,13,15,19H,9-12,14H2,1H3/t19-/m1/s1. The van der Waals surface area contributed by atoms with Gasteiger partial charge in [-0.2, -0.15) is 0 Å². The van der Waals surface area contributed by atoms with Crippen molar-refractivity contribution in [1.29, 1.82) is 0 Å². The number of benzene rings is 2. The Hall–Kier alpha value is -2.66. The third-order valence-corrected chi connectivity index (χ3v) is 5.30. The molecule has 140 valence electrons. The summed E-state index contributed by atoms with van der Waals surface area (Å²) >= 11 is 0. The molecule has 1 aromatic heterocycles. The van der Waals surface area contributed by atoms with Gasteiger partial charge in [0.2, 0.25) is 5.91 Å². The van der Waals surface area contributed by atoms with Gasteiger partial charge in [0.1, 0.15) is 5.82 Å². The highest BCUT2D eigenvalue weighted by Gasteiger charge is 2.26. The van der Waals surface area contributed by atoms with Crippen LogP contribution in [0.1, 0.15) is 23.5 Å². The molecule has 0 saturated carbocycles. The Morgan fingerprint density at radius 2 is 1.93 bits per heavy atom. The van der Waals surface area contributed by atoms with Gasteiger partial charge in [-0.05, 0) is 29.3 Å². The summed E-state index contributed by atoms with van der Waals surface area (Å²) in [5.74, 6) is -0.390. The molecule has 1 atom stereocenters. The second kappa shape index (κ2) is 7.53. The van der Waals surface area contributed by atoms with Crippen LogP contribution in [0.2, 0.25) is 0 Å². The van der Waals surface area contributed by atoms with Crippen LogP contribution in [-0.4, -0.2) is 41.7 Å². The molecule has 0 spiro atoms. The zero-order valence-electron chi connectivity index (χ0n) is 15.4. The Morgan fingerprint density at radius 1 is 1.15 bits per heavy atom. The van der Waals surface area contributed by atoms with E-state index in [1.807, 2.05) is 30.1 Å². The van der Waals surface area contributed by atoms with Gasteiger partial charge in [0, 0.05) is 49.6 Å². The lowest BCUT2D eigenvalue weighted by molar-refractivity contribution is -0.135. The summed E-state index contributed by atoms with van der Waals surface area (Å²) in [7, 11) is 2.00. The van der Waals surface area contributed by atoms with Gasteiger partial charge in [-0.15, -0.1) is 0 Å². The predicted octanol–water partition coefficient (Wildman–Crippen LogP) is 3.70. The molecule has 5 heteroatoms. The fourth-order valence-corrected chi connectivity index (χ4v) is 3.90. The summed E-state index contributed by atoms with van der Waals surface area (Å²) in [6.07, 6.45) is 2.38. The number of fused-ring (bicyclic) bond motifs is 1. The lowest BCUT2D eigenvalue weighted by Crippen LogP contribution is -2.41. The molecule has 0 N–H and O–H groups in total. The number of carbonyl (C=O) groups is 1. The van der Waals surface area contributed by atoms with Gasteiger partial charge in [0.05, 0.1) is 13.2 Å². The van der Waals surface area contributed by atoms with Crippen molar-refractivity contribution in [2.75, 3.05) is 26.3 Å². The number of hydrogen-bond donors (Lipinski definition) is 0. The van der Waals surface area contributed by atoms with E-state index in [0.29, 0.717) is 32.7 Å². The van der Waals surface area contributed by atoms with Crippen LogP contribution in [0.3, 0.4) is 0 Å². The maximum Gasteiger partial charge on any atom is 0.223 e. The molecule has 1 aliphatic heterocycles. The van der Waals surface area contributed by atoms with Gasteiger partial charge in [-0.25, -0.2) is 4.39 Å². The molecule has 0 unspecified atom stereocenters. The third kappa shape index (κ3) is 3.60. The summed E-state index contributed by atoms with van der Waals surface area (Å²) in [4.78, 5) is 14.8.